The number of benzene rings is 2. The third kappa shape index (κ3) is 4.25. The summed E-state index contributed by atoms with van der Waals surface area (Å²) < 4.78 is 11.4. The van der Waals surface area contributed by atoms with Gasteiger partial charge in [-0.15, -0.1) is 6.42 Å². The number of hydrogen-bond donors (Lipinski definition) is 2. The van der Waals surface area contributed by atoms with E-state index in [-0.39, 0.29) is 18.8 Å². The quantitative estimate of drug-likeness (QED) is 0.813. The van der Waals surface area contributed by atoms with Gasteiger partial charge in [0, 0.05) is 24.8 Å². The van der Waals surface area contributed by atoms with E-state index in [0.29, 0.717) is 19.3 Å². The molecule has 3 rings (SSSR count). The average Bonchev–Trinajstić information content (AvgIpc) is 2.68. The van der Waals surface area contributed by atoms with Crippen molar-refractivity contribution in [3.63, 3.8) is 0 Å². The lowest BCUT2D eigenvalue weighted by atomic mass is 9.93. The van der Waals surface area contributed by atoms with Gasteiger partial charge in [0.15, 0.2) is 0 Å². The Morgan fingerprint density at radius 1 is 1.19 bits per heavy atom. The first-order valence-corrected chi connectivity index (χ1v) is 8.79. The van der Waals surface area contributed by atoms with Crippen LogP contribution in [0.5, 0.6) is 5.75 Å². The maximum atomic E-state index is 10.1. The zero-order valence-electron chi connectivity index (χ0n) is 14.9. The molecule has 2 aromatic carbocycles. The van der Waals surface area contributed by atoms with Crippen LogP contribution >= 0.6 is 0 Å². The minimum Gasteiger partial charge on any atom is -0.496 e. The van der Waals surface area contributed by atoms with Gasteiger partial charge in [-0.05, 0) is 41.0 Å². The topological polar surface area (TPSA) is 58.9 Å². The number of methoxy groups -OCH3 is 1. The second kappa shape index (κ2) is 8.37. The molecule has 1 fully saturated rings. The molecule has 4 nitrogen and oxygen atoms in total. The molecule has 3 atom stereocenters. The Labute approximate surface area is 154 Å². The molecule has 2 N–H and O–H groups in total. The zero-order valence-corrected chi connectivity index (χ0v) is 14.9. The van der Waals surface area contributed by atoms with Gasteiger partial charge in [0.05, 0.1) is 32.0 Å². The molecule has 0 bridgehead atoms. The van der Waals surface area contributed by atoms with E-state index in [9.17, 15) is 10.2 Å². The maximum absolute atomic E-state index is 10.1. The first kappa shape index (κ1) is 18.5. The predicted molar refractivity (Wildman–Crippen MR) is 100 cm³/mol. The molecule has 1 aliphatic rings. The van der Waals surface area contributed by atoms with Gasteiger partial charge < -0.3 is 19.7 Å². The van der Waals surface area contributed by atoms with Crippen molar-refractivity contribution in [3.8, 4) is 18.1 Å². The van der Waals surface area contributed by atoms with Crippen molar-refractivity contribution >= 4 is 0 Å². The first-order valence-electron chi connectivity index (χ1n) is 8.79. The molecule has 0 saturated carbocycles. The second-order valence-corrected chi connectivity index (χ2v) is 6.64. The molecule has 0 radical (unpaired) electrons. The molecule has 2 aromatic rings. The standard InChI is InChI=1S/C22H24O4/c1-3-15-4-6-16(7-5-15)10-18-11-17(8-9-21(18)25-2)22-13-19(24)12-20(14-23)26-22/h1,4-9,11,19-20,22-24H,10,12-14H2,2H3. The van der Waals surface area contributed by atoms with Crippen LogP contribution in [0.3, 0.4) is 0 Å². The van der Waals surface area contributed by atoms with Gasteiger partial charge in [-0.2, -0.15) is 0 Å². The monoisotopic (exact) mass is 352 g/mol. The van der Waals surface area contributed by atoms with Gasteiger partial charge >= 0.3 is 0 Å². The Balaban J connectivity index is 1.85. The molecule has 3 unspecified atom stereocenters. The molecule has 4 heteroatoms. The molecule has 1 saturated heterocycles. The molecule has 0 amide bonds. The molecule has 0 aliphatic carbocycles. The Morgan fingerprint density at radius 2 is 1.96 bits per heavy atom. The highest BCUT2D eigenvalue weighted by molar-refractivity contribution is 5.43. The Hall–Kier alpha value is -2.32. The fourth-order valence-electron chi connectivity index (χ4n) is 3.40. The van der Waals surface area contributed by atoms with Crippen LogP contribution in [0.4, 0.5) is 0 Å². The van der Waals surface area contributed by atoms with Gasteiger partial charge in [0.25, 0.3) is 0 Å². The lowest BCUT2D eigenvalue weighted by Gasteiger charge is -2.32. The van der Waals surface area contributed by atoms with Gasteiger partial charge in [0.1, 0.15) is 5.75 Å². The summed E-state index contributed by atoms with van der Waals surface area (Å²) in [5, 5.41) is 19.4. The van der Waals surface area contributed by atoms with Crippen molar-refractivity contribution in [2.75, 3.05) is 13.7 Å². The minimum atomic E-state index is -0.465. The summed E-state index contributed by atoms with van der Waals surface area (Å²) in [6, 6.07) is 13.8. The second-order valence-electron chi connectivity index (χ2n) is 6.64. The van der Waals surface area contributed by atoms with Crippen LogP contribution in [0.25, 0.3) is 0 Å². The molecular formula is C22H24O4. The van der Waals surface area contributed by atoms with Crippen molar-refractivity contribution in [1.29, 1.82) is 0 Å². The lowest BCUT2D eigenvalue weighted by molar-refractivity contribution is -0.113. The Morgan fingerprint density at radius 3 is 2.62 bits per heavy atom. The van der Waals surface area contributed by atoms with E-state index in [0.717, 1.165) is 28.0 Å². The average molecular weight is 352 g/mol. The van der Waals surface area contributed by atoms with Crippen LogP contribution in [0.1, 0.15) is 41.2 Å². The van der Waals surface area contributed by atoms with Gasteiger partial charge in [-0.1, -0.05) is 24.1 Å². The Bertz CT molecular complexity index is 776. The molecule has 1 aliphatic heterocycles. The summed E-state index contributed by atoms with van der Waals surface area (Å²) in [5.74, 6) is 3.43. The lowest BCUT2D eigenvalue weighted by Crippen LogP contribution is -2.33. The number of terminal acetylenes is 1. The smallest absolute Gasteiger partial charge is 0.122 e. The number of hydrogen-bond acceptors (Lipinski definition) is 4. The molecule has 0 aromatic heterocycles. The number of ether oxygens (including phenoxy) is 2. The van der Waals surface area contributed by atoms with Crippen molar-refractivity contribution in [2.45, 2.75) is 37.6 Å². The molecule has 0 spiro atoms. The number of aliphatic hydroxyl groups is 2. The van der Waals surface area contributed by atoms with Crippen molar-refractivity contribution in [3.05, 3.63) is 64.7 Å². The summed E-state index contributed by atoms with van der Waals surface area (Å²) in [5.41, 5.74) is 4.02. The van der Waals surface area contributed by atoms with Crippen LogP contribution in [-0.4, -0.2) is 36.1 Å². The van der Waals surface area contributed by atoms with E-state index in [1.165, 1.54) is 0 Å². The van der Waals surface area contributed by atoms with E-state index >= 15 is 0 Å². The largest absolute Gasteiger partial charge is 0.496 e. The van der Waals surface area contributed by atoms with Crippen LogP contribution in [0.2, 0.25) is 0 Å². The van der Waals surface area contributed by atoms with Crippen LogP contribution in [0.15, 0.2) is 42.5 Å². The molecule has 136 valence electrons. The predicted octanol–water partition coefficient (Wildman–Crippen LogP) is 2.84. The number of rotatable bonds is 5. The van der Waals surface area contributed by atoms with E-state index in [1.54, 1.807) is 7.11 Å². The highest BCUT2D eigenvalue weighted by Crippen LogP contribution is 2.34. The molecule has 1 heterocycles. The molecular weight excluding hydrogens is 328 g/mol. The van der Waals surface area contributed by atoms with Gasteiger partial charge in [-0.25, -0.2) is 0 Å². The summed E-state index contributed by atoms with van der Waals surface area (Å²) >= 11 is 0. The van der Waals surface area contributed by atoms with Crippen molar-refractivity contribution < 1.29 is 19.7 Å². The maximum Gasteiger partial charge on any atom is 0.122 e. The van der Waals surface area contributed by atoms with Gasteiger partial charge in [-0.3, -0.25) is 0 Å². The highest BCUT2D eigenvalue weighted by Gasteiger charge is 2.29. The fourth-order valence-corrected chi connectivity index (χ4v) is 3.40. The summed E-state index contributed by atoms with van der Waals surface area (Å²) in [6.45, 7) is -0.0852. The molecule has 26 heavy (non-hydrogen) atoms. The van der Waals surface area contributed by atoms with Gasteiger partial charge in [0.2, 0.25) is 0 Å². The minimum absolute atomic E-state index is 0.0852. The van der Waals surface area contributed by atoms with E-state index in [4.69, 9.17) is 15.9 Å². The SMILES string of the molecule is C#Cc1ccc(Cc2cc(C3CC(O)CC(CO)O3)ccc2OC)cc1. The Kier molecular flexibility index (Phi) is 5.95. The van der Waals surface area contributed by atoms with E-state index < -0.39 is 6.10 Å². The highest BCUT2D eigenvalue weighted by atomic mass is 16.5. The third-order valence-electron chi connectivity index (χ3n) is 4.77. The van der Waals surface area contributed by atoms with Crippen molar-refractivity contribution in [2.24, 2.45) is 0 Å². The van der Waals surface area contributed by atoms with Crippen molar-refractivity contribution in [1.82, 2.24) is 0 Å². The van der Waals surface area contributed by atoms with E-state index in [2.05, 4.69) is 12.0 Å². The van der Waals surface area contributed by atoms with Crippen LogP contribution in [-0.2, 0) is 11.2 Å². The number of aliphatic hydroxyl groups excluding tert-OH is 2. The summed E-state index contributed by atoms with van der Waals surface area (Å²) in [7, 11) is 1.66. The fraction of sp³-hybridized carbons (Fsp3) is 0.364. The normalized spacial score (nSPS) is 22.6. The zero-order chi connectivity index (χ0) is 18.5. The van der Waals surface area contributed by atoms with E-state index in [1.807, 2.05) is 36.4 Å². The first-order chi connectivity index (χ1) is 12.6. The summed E-state index contributed by atoms with van der Waals surface area (Å²) in [6.07, 6.45) is 6.09. The third-order valence-corrected chi connectivity index (χ3v) is 4.77. The van der Waals surface area contributed by atoms with Crippen LogP contribution < -0.4 is 4.74 Å². The van der Waals surface area contributed by atoms with Crippen LogP contribution in [0, 0.1) is 12.3 Å². The summed E-state index contributed by atoms with van der Waals surface area (Å²) in [4.78, 5) is 0.